The van der Waals surface area contributed by atoms with Gasteiger partial charge in [-0.3, -0.25) is 0 Å². The quantitative estimate of drug-likeness (QED) is 0.810. The van der Waals surface area contributed by atoms with Gasteiger partial charge in [0.2, 0.25) is 0 Å². The molecule has 21 heavy (non-hydrogen) atoms. The molecule has 1 aliphatic rings. The Morgan fingerprint density at radius 1 is 0.952 bits per heavy atom. The minimum atomic E-state index is -0.301. The van der Waals surface area contributed by atoms with Crippen LogP contribution in [0.25, 0.3) is 11.1 Å². The summed E-state index contributed by atoms with van der Waals surface area (Å²) in [5, 5.41) is 0. The normalized spacial score (nSPS) is 15.1. The number of aldehydes is 1. The molecule has 3 rings (SSSR count). The number of ether oxygens (including phenoxy) is 3. The van der Waals surface area contributed by atoms with Crippen molar-refractivity contribution in [2.75, 3.05) is 21.3 Å². The lowest BCUT2D eigenvalue weighted by Gasteiger charge is -2.13. The average Bonchev–Trinajstić information content (AvgIpc) is 2.86. The molecule has 0 spiro atoms. The zero-order chi connectivity index (χ0) is 15.0. The molecule has 2 aromatic rings. The summed E-state index contributed by atoms with van der Waals surface area (Å²) in [6, 6.07) is 9.49. The van der Waals surface area contributed by atoms with E-state index in [1.807, 2.05) is 30.3 Å². The third kappa shape index (κ3) is 1.87. The van der Waals surface area contributed by atoms with Crippen molar-refractivity contribution in [2.45, 2.75) is 5.92 Å². The summed E-state index contributed by atoms with van der Waals surface area (Å²) in [5.74, 6) is 1.75. The van der Waals surface area contributed by atoms with Crippen molar-refractivity contribution in [1.29, 1.82) is 0 Å². The van der Waals surface area contributed by atoms with Crippen molar-refractivity contribution in [3.63, 3.8) is 0 Å². The molecule has 0 saturated carbocycles. The topological polar surface area (TPSA) is 44.8 Å². The van der Waals surface area contributed by atoms with Crippen LogP contribution in [0.4, 0.5) is 0 Å². The lowest BCUT2D eigenvalue weighted by molar-refractivity contribution is -0.108. The van der Waals surface area contributed by atoms with Crippen LogP contribution in [-0.4, -0.2) is 27.6 Å². The monoisotopic (exact) mass is 284 g/mol. The van der Waals surface area contributed by atoms with Gasteiger partial charge in [0, 0.05) is 5.56 Å². The van der Waals surface area contributed by atoms with Crippen molar-refractivity contribution < 1.29 is 19.0 Å². The molecule has 0 aliphatic heterocycles. The van der Waals surface area contributed by atoms with Crippen molar-refractivity contribution in [3.8, 4) is 28.4 Å². The summed E-state index contributed by atoms with van der Waals surface area (Å²) >= 11 is 0. The van der Waals surface area contributed by atoms with Gasteiger partial charge in [-0.1, -0.05) is 12.1 Å². The van der Waals surface area contributed by atoms with E-state index in [2.05, 4.69) is 0 Å². The molecule has 108 valence electrons. The Hall–Kier alpha value is -2.49. The van der Waals surface area contributed by atoms with Crippen LogP contribution < -0.4 is 14.2 Å². The maximum absolute atomic E-state index is 11.6. The van der Waals surface area contributed by atoms with Gasteiger partial charge in [-0.25, -0.2) is 0 Å². The highest BCUT2D eigenvalue weighted by atomic mass is 16.5. The van der Waals surface area contributed by atoms with E-state index in [0.29, 0.717) is 11.5 Å². The van der Waals surface area contributed by atoms with Crippen LogP contribution in [0.1, 0.15) is 17.0 Å². The van der Waals surface area contributed by atoms with Gasteiger partial charge in [-0.05, 0) is 34.9 Å². The molecule has 0 aromatic heterocycles. The Morgan fingerprint density at radius 3 is 2.38 bits per heavy atom. The number of rotatable bonds is 4. The summed E-state index contributed by atoms with van der Waals surface area (Å²) < 4.78 is 16.1. The van der Waals surface area contributed by atoms with Crippen LogP contribution in [0.5, 0.6) is 17.2 Å². The van der Waals surface area contributed by atoms with Crippen molar-refractivity contribution in [1.82, 2.24) is 0 Å². The first-order valence-electron chi connectivity index (χ1n) is 6.63. The summed E-state index contributed by atoms with van der Waals surface area (Å²) in [5.41, 5.74) is 3.78. The second-order valence-electron chi connectivity index (χ2n) is 4.83. The Kier molecular flexibility index (Phi) is 3.29. The number of hydrogen-bond acceptors (Lipinski definition) is 4. The molecule has 0 saturated heterocycles. The van der Waals surface area contributed by atoms with Crippen molar-refractivity contribution in [2.24, 2.45) is 0 Å². The van der Waals surface area contributed by atoms with E-state index in [1.165, 1.54) is 0 Å². The van der Waals surface area contributed by atoms with E-state index in [9.17, 15) is 4.79 Å². The Morgan fingerprint density at radius 2 is 1.76 bits per heavy atom. The van der Waals surface area contributed by atoms with E-state index in [1.54, 1.807) is 21.3 Å². The number of benzene rings is 2. The van der Waals surface area contributed by atoms with Crippen LogP contribution in [0.2, 0.25) is 0 Å². The predicted octanol–water partition coefficient (Wildman–Crippen LogP) is 3.02. The molecule has 0 amide bonds. The van der Waals surface area contributed by atoms with Gasteiger partial charge in [-0.15, -0.1) is 0 Å². The fourth-order valence-corrected chi connectivity index (χ4v) is 2.95. The fourth-order valence-electron chi connectivity index (χ4n) is 2.95. The minimum Gasteiger partial charge on any atom is -0.497 e. The van der Waals surface area contributed by atoms with E-state index in [0.717, 1.165) is 34.3 Å². The standard InChI is InChI=1S/C17H16O4/c1-19-10-4-5-11-13(8-10)14(9-18)12-6-7-15(20-2)17(21-3)16(11)12/h4-9,14H,1-3H3/t14-/m0/s1. The molecule has 1 aliphatic carbocycles. The largest absolute Gasteiger partial charge is 0.497 e. The van der Waals surface area contributed by atoms with Gasteiger partial charge in [0.1, 0.15) is 12.0 Å². The number of fused-ring (bicyclic) bond motifs is 3. The minimum absolute atomic E-state index is 0.301. The van der Waals surface area contributed by atoms with E-state index < -0.39 is 0 Å². The Balaban J connectivity index is 2.31. The van der Waals surface area contributed by atoms with Crippen LogP contribution >= 0.6 is 0 Å². The molecular weight excluding hydrogens is 268 g/mol. The SMILES string of the molecule is COc1ccc2c(c1)[C@@H](C=O)c1ccc(OC)c(OC)c1-2. The smallest absolute Gasteiger partial charge is 0.168 e. The van der Waals surface area contributed by atoms with Crippen LogP contribution in [0.15, 0.2) is 30.3 Å². The maximum Gasteiger partial charge on any atom is 0.168 e. The zero-order valence-electron chi connectivity index (χ0n) is 12.2. The molecule has 1 atom stereocenters. The lowest BCUT2D eigenvalue weighted by atomic mass is 9.98. The number of methoxy groups -OCH3 is 3. The molecule has 0 radical (unpaired) electrons. The highest BCUT2D eigenvalue weighted by molar-refractivity contribution is 5.92. The summed E-state index contributed by atoms with van der Waals surface area (Å²) in [6.07, 6.45) is 0.954. The Bertz CT molecular complexity index is 706. The molecule has 2 aromatic carbocycles. The van der Waals surface area contributed by atoms with Crippen LogP contribution in [0, 0.1) is 0 Å². The second-order valence-corrected chi connectivity index (χ2v) is 4.83. The Labute approximate surface area is 123 Å². The molecule has 4 heteroatoms. The molecule has 0 fully saturated rings. The first-order chi connectivity index (χ1) is 10.2. The van der Waals surface area contributed by atoms with Crippen molar-refractivity contribution in [3.05, 3.63) is 41.5 Å². The first kappa shape index (κ1) is 13.5. The summed E-state index contributed by atoms with van der Waals surface area (Å²) in [6.45, 7) is 0. The second kappa shape index (κ2) is 5.13. The third-order valence-electron chi connectivity index (χ3n) is 3.91. The highest BCUT2D eigenvalue weighted by Gasteiger charge is 2.32. The molecule has 4 nitrogen and oxygen atoms in total. The molecule has 0 N–H and O–H groups in total. The average molecular weight is 284 g/mol. The van der Waals surface area contributed by atoms with Gasteiger partial charge in [0.05, 0.1) is 27.2 Å². The first-order valence-corrected chi connectivity index (χ1v) is 6.63. The molecule has 0 heterocycles. The van der Waals surface area contributed by atoms with Crippen LogP contribution in [0.3, 0.4) is 0 Å². The fraction of sp³-hybridized carbons (Fsp3) is 0.235. The van der Waals surface area contributed by atoms with Gasteiger partial charge in [-0.2, -0.15) is 0 Å². The number of hydrogen-bond donors (Lipinski definition) is 0. The third-order valence-corrected chi connectivity index (χ3v) is 3.91. The molecule has 0 bridgehead atoms. The van der Waals surface area contributed by atoms with Crippen LogP contribution in [-0.2, 0) is 4.79 Å². The summed E-state index contributed by atoms with van der Waals surface area (Å²) in [7, 11) is 4.82. The number of carbonyl (C=O) groups excluding carboxylic acids is 1. The van der Waals surface area contributed by atoms with Gasteiger partial charge < -0.3 is 19.0 Å². The van der Waals surface area contributed by atoms with Gasteiger partial charge in [0.15, 0.2) is 11.5 Å². The van der Waals surface area contributed by atoms with E-state index in [4.69, 9.17) is 14.2 Å². The number of carbonyl (C=O) groups is 1. The zero-order valence-corrected chi connectivity index (χ0v) is 12.2. The molecular formula is C17H16O4. The van der Waals surface area contributed by atoms with E-state index >= 15 is 0 Å². The van der Waals surface area contributed by atoms with Crippen molar-refractivity contribution >= 4 is 6.29 Å². The van der Waals surface area contributed by atoms with E-state index in [-0.39, 0.29) is 5.92 Å². The summed E-state index contributed by atoms with van der Waals surface area (Å²) in [4.78, 5) is 11.6. The predicted molar refractivity (Wildman–Crippen MR) is 79.4 cm³/mol. The van der Waals surface area contributed by atoms with Gasteiger partial charge >= 0.3 is 0 Å². The molecule has 0 unspecified atom stereocenters. The highest BCUT2D eigenvalue weighted by Crippen LogP contribution is 2.52. The van der Waals surface area contributed by atoms with Gasteiger partial charge in [0.25, 0.3) is 0 Å². The maximum atomic E-state index is 11.6. The lowest BCUT2D eigenvalue weighted by Crippen LogP contribution is -1.99.